The summed E-state index contributed by atoms with van der Waals surface area (Å²) in [5, 5.41) is 0. The molecule has 21 heavy (non-hydrogen) atoms. The molecule has 0 amide bonds. The van der Waals surface area contributed by atoms with Crippen molar-refractivity contribution in [3.63, 3.8) is 0 Å². The lowest BCUT2D eigenvalue weighted by Gasteiger charge is -2.28. The van der Waals surface area contributed by atoms with Gasteiger partial charge in [-0.15, -0.1) is 0 Å². The molecule has 1 atom stereocenters. The van der Waals surface area contributed by atoms with E-state index >= 15 is 0 Å². The first-order valence-corrected chi connectivity index (χ1v) is 9.48. The Morgan fingerprint density at radius 1 is 1.10 bits per heavy atom. The third kappa shape index (κ3) is 4.81. The third-order valence-electron chi connectivity index (χ3n) is 2.33. The molecule has 1 aromatic rings. The van der Waals surface area contributed by atoms with Crippen molar-refractivity contribution in [2.24, 2.45) is 0 Å². The van der Waals surface area contributed by atoms with Gasteiger partial charge in [-0.1, -0.05) is 53.0 Å². The van der Waals surface area contributed by atoms with E-state index in [2.05, 4.69) is 9.05 Å². The molecule has 11 heteroatoms. The Balaban J connectivity index is 3.23. The first-order chi connectivity index (χ1) is 9.57. The minimum Gasteiger partial charge on any atom is -0.310 e. The number of alkyl halides is 3. The molecule has 1 rings (SSSR count). The van der Waals surface area contributed by atoms with Crippen molar-refractivity contribution in [3.05, 3.63) is 30.3 Å². The number of hydrogen-bond acceptors (Lipinski definition) is 6. The predicted molar refractivity (Wildman–Crippen MR) is 80.4 cm³/mol. The Morgan fingerprint density at radius 3 is 1.95 bits per heavy atom. The molecule has 0 aliphatic rings. The lowest BCUT2D eigenvalue weighted by atomic mass is 10.4. The number of halogens is 3. The maximum Gasteiger partial charge on any atom is 0.364 e. The van der Waals surface area contributed by atoms with E-state index in [-0.39, 0.29) is 4.90 Å². The Kier molecular flexibility index (Phi) is 6.54. The summed E-state index contributed by atoms with van der Waals surface area (Å²) in [6.07, 6.45) is 0. The summed E-state index contributed by atoms with van der Waals surface area (Å²) in [5.41, 5.74) is 0. The van der Waals surface area contributed by atoms with E-state index in [4.69, 9.17) is 39.0 Å². The van der Waals surface area contributed by atoms with E-state index in [0.29, 0.717) is 0 Å². The van der Waals surface area contributed by atoms with E-state index in [9.17, 15) is 13.0 Å². The highest BCUT2D eigenvalue weighted by Crippen LogP contribution is 2.60. The molecular formula is C10H12Cl3O6PS. The van der Waals surface area contributed by atoms with Crippen LogP contribution in [0, 0.1) is 0 Å². The first kappa shape index (κ1) is 19.2. The van der Waals surface area contributed by atoms with Crippen molar-refractivity contribution in [3.8, 4) is 0 Å². The van der Waals surface area contributed by atoms with E-state index in [1.165, 1.54) is 24.3 Å². The second kappa shape index (κ2) is 7.15. The molecule has 0 radical (unpaired) electrons. The average Bonchev–Trinajstić information content (AvgIpc) is 2.44. The van der Waals surface area contributed by atoms with Gasteiger partial charge in [0.05, 0.1) is 4.90 Å². The van der Waals surface area contributed by atoms with Crippen molar-refractivity contribution in [2.45, 2.75) is 14.5 Å². The van der Waals surface area contributed by atoms with Crippen LogP contribution in [0.1, 0.15) is 0 Å². The van der Waals surface area contributed by atoms with Gasteiger partial charge in [0.25, 0.3) is 10.1 Å². The van der Waals surface area contributed by atoms with Crippen molar-refractivity contribution in [1.82, 2.24) is 0 Å². The van der Waals surface area contributed by atoms with Crippen LogP contribution in [0.2, 0.25) is 0 Å². The molecule has 120 valence electrons. The molecule has 1 unspecified atom stereocenters. The summed E-state index contributed by atoms with van der Waals surface area (Å²) < 4.78 is 48.3. The van der Waals surface area contributed by atoms with Crippen LogP contribution < -0.4 is 0 Å². The molecule has 0 saturated carbocycles. The summed E-state index contributed by atoms with van der Waals surface area (Å²) in [7, 11) is -6.42. The van der Waals surface area contributed by atoms with E-state index in [1.54, 1.807) is 6.07 Å². The van der Waals surface area contributed by atoms with Gasteiger partial charge in [0.2, 0.25) is 9.64 Å². The lowest BCUT2D eigenvalue weighted by Crippen LogP contribution is -2.32. The fraction of sp³-hybridized carbons (Fsp3) is 0.400. The van der Waals surface area contributed by atoms with Crippen LogP contribution in [0.25, 0.3) is 0 Å². The SMILES string of the molecule is COP(=O)(OC)C(OS(=O)(=O)c1ccccc1)C(Cl)(Cl)Cl. The number of benzene rings is 1. The second-order valence-corrected chi connectivity index (χ2v) is 9.88. The summed E-state index contributed by atoms with van der Waals surface area (Å²) >= 11 is 16.9. The maximum absolute atomic E-state index is 12.3. The molecule has 0 aliphatic heterocycles. The highest BCUT2D eigenvalue weighted by Gasteiger charge is 2.52. The van der Waals surface area contributed by atoms with E-state index < -0.39 is 27.4 Å². The minimum absolute atomic E-state index is 0.192. The standard InChI is InChI=1S/C10H12Cl3O6PS/c1-17-20(14,18-2)9(10(11,12)13)19-21(15,16)8-6-4-3-5-7-8/h3-7,9H,1-2H3. The van der Waals surface area contributed by atoms with Gasteiger partial charge in [-0.05, 0) is 12.1 Å². The largest absolute Gasteiger partial charge is 0.364 e. The molecule has 0 spiro atoms. The van der Waals surface area contributed by atoms with Crippen LogP contribution in [0.4, 0.5) is 0 Å². The molecule has 0 aromatic heterocycles. The molecule has 0 bridgehead atoms. The zero-order chi connectivity index (χ0) is 16.3. The van der Waals surface area contributed by atoms with Crippen LogP contribution in [0.15, 0.2) is 35.2 Å². The molecule has 1 aromatic carbocycles. The zero-order valence-electron chi connectivity index (χ0n) is 10.9. The predicted octanol–water partition coefficient (Wildman–Crippen LogP) is 3.57. The molecular weight excluding hydrogens is 386 g/mol. The van der Waals surface area contributed by atoms with Gasteiger partial charge >= 0.3 is 7.60 Å². The van der Waals surface area contributed by atoms with Crippen LogP contribution >= 0.6 is 42.4 Å². The third-order valence-corrected chi connectivity index (χ3v) is 6.90. The van der Waals surface area contributed by atoms with Gasteiger partial charge in [-0.25, -0.2) is 4.18 Å². The highest BCUT2D eigenvalue weighted by molar-refractivity contribution is 7.87. The fourth-order valence-electron chi connectivity index (χ4n) is 1.32. The summed E-state index contributed by atoms with van der Waals surface area (Å²) in [6.45, 7) is 0. The number of rotatable bonds is 6. The molecule has 0 fully saturated rings. The van der Waals surface area contributed by atoms with Crippen molar-refractivity contribution < 1.29 is 26.2 Å². The van der Waals surface area contributed by atoms with Gasteiger partial charge in [-0.2, -0.15) is 8.42 Å². The molecule has 0 aliphatic carbocycles. The van der Waals surface area contributed by atoms with Crippen molar-refractivity contribution in [2.75, 3.05) is 14.2 Å². The summed E-state index contributed by atoms with van der Waals surface area (Å²) in [4.78, 5) is -0.192. The molecule has 0 heterocycles. The lowest BCUT2D eigenvalue weighted by molar-refractivity contribution is 0.195. The number of hydrogen-bond donors (Lipinski definition) is 0. The second-order valence-electron chi connectivity index (χ2n) is 3.66. The van der Waals surface area contributed by atoms with Crippen LogP contribution in [0.3, 0.4) is 0 Å². The summed E-state index contributed by atoms with van der Waals surface area (Å²) in [6, 6.07) is 7.12. The molecule has 0 N–H and O–H groups in total. The van der Waals surface area contributed by atoms with Crippen molar-refractivity contribution >= 4 is 52.5 Å². The smallest absolute Gasteiger partial charge is 0.310 e. The van der Waals surface area contributed by atoms with Gasteiger partial charge in [0.1, 0.15) is 0 Å². The minimum atomic E-state index is -4.33. The Hall–Kier alpha value is 0.150. The van der Waals surface area contributed by atoms with Gasteiger partial charge in [0, 0.05) is 14.2 Å². The van der Waals surface area contributed by atoms with Crippen LogP contribution in [0.5, 0.6) is 0 Å². The first-order valence-electron chi connectivity index (χ1n) is 5.33. The zero-order valence-corrected chi connectivity index (χ0v) is 14.9. The van der Waals surface area contributed by atoms with E-state index in [1.807, 2.05) is 0 Å². The van der Waals surface area contributed by atoms with Crippen LogP contribution in [-0.2, 0) is 27.9 Å². The summed E-state index contributed by atoms with van der Waals surface area (Å²) in [5.74, 6) is -1.96. The quantitative estimate of drug-likeness (QED) is 0.415. The Bertz CT molecular complexity index is 607. The normalized spacial score (nSPS) is 14.9. The van der Waals surface area contributed by atoms with Gasteiger partial charge < -0.3 is 9.05 Å². The Labute approximate surface area is 137 Å². The monoisotopic (exact) mass is 396 g/mol. The Morgan fingerprint density at radius 2 is 1.57 bits per heavy atom. The van der Waals surface area contributed by atoms with Gasteiger partial charge in [0.15, 0.2) is 0 Å². The van der Waals surface area contributed by atoms with Gasteiger partial charge in [-0.3, -0.25) is 4.57 Å². The average molecular weight is 398 g/mol. The van der Waals surface area contributed by atoms with Crippen molar-refractivity contribution in [1.29, 1.82) is 0 Å². The topological polar surface area (TPSA) is 78.9 Å². The molecule has 0 saturated heterocycles. The maximum atomic E-state index is 12.3. The molecule has 6 nitrogen and oxygen atoms in total. The van der Waals surface area contributed by atoms with E-state index in [0.717, 1.165) is 14.2 Å². The fourth-order valence-corrected chi connectivity index (χ4v) is 5.32. The highest BCUT2D eigenvalue weighted by atomic mass is 35.6. The van der Waals surface area contributed by atoms with Crippen LogP contribution in [-0.4, -0.2) is 32.3 Å².